The quantitative estimate of drug-likeness (QED) is 0.855. The Morgan fingerprint density at radius 1 is 1.37 bits per heavy atom. The lowest BCUT2D eigenvalue weighted by molar-refractivity contribution is 0.406. The minimum absolute atomic E-state index is 0.116. The molecule has 0 spiro atoms. The van der Waals surface area contributed by atoms with E-state index in [0.29, 0.717) is 19.0 Å². The second kappa shape index (κ2) is 7.01. The molecule has 2 N–H and O–H groups in total. The first-order valence-corrected chi connectivity index (χ1v) is 6.59. The van der Waals surface area contributed by atoms with Gasteiger partial charge >= 0.3 is 0 Å². The van der Waals surface area contributed by atoms with Crippen molar-refractivity contribution in [2.75, 3.05) is 18.6 Å². The largest absolute Gasteiger partial charge is 0.496 e. The smallest absolute Gasteiger partial charge is 0.125 e. The van der Waals surface area contributed by atoms with Crippen LogP contribution in [-0.2, 0) is 0 Å². The van der Waals surface area contributed by atoms with Crippen LogP contribution in [0.4, 0.5) is 5.69 Å². The molecule has 0 aliphatic heterocycles. The number of nitriles is 1. The second-order valence-corrected chi connectivity index (χ2v) is 4.88. The Kier molecular flexibility index (Phi) is 5.65. The molecule has 0 radical (unpaired) electrons. The number of ether oxygens (including phenoxy) is 1. The van der Waals surface area contributed by atoms with E-state index in [2.05, 4.69) is 24.8 Å². The van der Waals surface area contributed by atoms with Gasteiger partial charge in [-0.3, -0.25) is 0 Å². The van der Waals surface area contributed by atoms with Crippen LogP contribution in [0.2, 0.25) is 0 Å². The van der Waals surface area contributed by atoms with Crippen LogP contribution >= 0.6 is 0 Å². The van der Waals surface area contributed by atoms with E-state index in [1.54, 1.807) is 7.11 Å². The van der Waals surface area contributed by atoms with Gasteiger partial charge in [0.2, 0.25) is 0 Å². The van der Waals surface area contributed by atoms with Crippen molar-refractivity contribution in [3.8, 4) is 11.8 Å². The summed E-state index contributed by atoms with van der Waals surface area (Å²) in [5.74, 6) is 0.801. The molecule has 0 bridgehead atoms. The summed E-state index contributed by atoms with van der Waals surface area (Å²) in [5, 5.41) is 8.80. The molecule has 0 heterocycles. The van der Waals surface area contributed by atoms with Gasteiger partial charge in [0.25, 0.3) is 0 Å². The molecule has 0 amide bonds. The van der Waals surface area contributed by atoms with Crippen molar-refractivity contribution in [3.05, 3.63) is 23.8 Å². The van der Waals surface area contributed by atoms with Crippen molar-refractivity contribution >= 4 is 5.69 Å². The summed E-state index contributed by atoms with van der Waals surface area (Å²) in [6.07, 6.45) is 0.494. The number of hydrogen-bond donors (Lipinski definition) is 1. The minimum atomic E-state index is -0.116. The van der Waals surface area contributed by atoms with Crippen LogP contribution in [0.3, 0.4) is 0 Å². The van der Waals surface area contributed by atoms with Crippen molar-refractivity contribution in [1.29, 1.82) is 5.26 Å². The van der Waals surface area contributed by atoms with Gasteiger partial charge in [0.05, 0.1) is 19.6 Å². The van der Waals surface area contributed by atoms with E-state index in [4.69, 9.17) is 15.7 Å². The Balaban J connectivity index is 3.25. The average molecular weight is 261 g/mol. The van der Waals surface area contributed by atoms with Gasteiger partial charge < -0.3 is 15.4 Å². The minimum Gasteiger partial charge on any atom is -0.496 e. The summed E-state index contributed by atoms with van der Waals surface area (Å²) in [5.41, 5.74) is 8.14. The van der Waals surface area contributed by atoms with Gasteiger partial charge in [0.1, 0.15) is 5.75 Å². The van der Waals surface area contributed by atoms with Crippen LogP contribution in [0.25, 0.3) is 0 Å². The summed E-state index contributed by atoms with van der Waals surface area (Å²) in [7, 11) is 1.65. The predicted octanol–water partition coefficient (Wildman–Crippen LogP) is 2.84. The SMILES string of the molecule is COc1cccc(N(CCC#N)C(C)C)c1[C@@H](C)N. The number of rotatable bonds is 6. The van der Waals surface area contributed by atoms with Gasteiger partial charge in [-0.1, -0.05) is 6.07 Å². The first-order chi connectivity index (χ1) is 9.02. The van der Waals surface area contributed by atoms with Gasteiger partial charge in [-0.15, -0.1) is 0 Å². The Morgan fingerprint density at radius 2 is 2.05 bits per heavy atom. The molecule has 1 aromatic carbocycles. The molecule has 0 aliphatic rings. The molecule has 1 atom stereocenters. The Labute approximate surface area is 115 Å². The molecule has 0 fully saturated rings. The highest BCUT2D eigenvalue weighted by atomic mass is 16.5. The number of anilines is 1. The molecule has 4 nitrogen and oxygen atoms in total. The average Bonchev–Trinajstić information content (AvgIpc) is 2.38. The first kappa shape index (κ1) is 15.3. The molecule has 19 heavy (non-hydrogen) atoms. The molecular weight excluding hydrogens is 238 g/mol. The van der Waals surface area contributed by atoms with Gasteiger partial charge in [-0.25, -0.2) is 0 Å². The van der Waals surface area contributed by atoms with E-state index >= 15 is 0 Å². The molecule has 0 aromatic heterocycles. The zero-order chi connectivity index (χ0) is 14.4. The molecule has 0 saturated heterocycles. The number of nitrogens with two attached hydrogens (primary N) is 1. The second-order valence-electron chi connectivity index (χ2n) is 4.88. The van der Waals surface area contributed by atoms with Crippen LogP contribution < -0.4 is 15.4 Å². The van der Waals surface area contributed by atoms with E-state index in [0.717, 1.165) is 17.0 Å². The third-order valence-corrected chi connectivity index (χ3v) is 3.12. The van der Waals surface area contributed by atoms with Gasteiger partial charge in [0.15, 0.2) is 0 Å². The maximum Gasteiger partial charge on any atom is 0.125 e. The lowest BCUT2D eigenvalue weighted by Gasteiger charge is -2.31. The highest BCUT2D eigenvalue weighted by Gasteiger charge is 2.19. The predicted molar refractivity (Wildman–Crippen MR) is 78.3 cm³/mol. The highest BCUT2D eigenvalue weighted by Crippen LogP contribution is 2.34. The topological polar surface area (TPSA) is 62.3 Å². The molecule has 1 rings (SSSR count). The monoisotopic (exact) mass is 261 g/mol. The highest BCUT2D eigenvalue weighted by molar-refractivity contribution is 5.61. The van der Waals surface area contributed by atoms with Gasteiger partial charge in [-0.2, -0.15) is 5.26 Å². The molecular formula is C15H23N3O. The number of nitrogens with zero attached hydrogens (tertiary/aromatic N) is 2. The van der Waals surface area contributed by atoms with Gasteiger partial charge in [0, 0.05) is 29.9 Å². The number of hydrogen-bond acceptors (Lipinski definition) is 4. The third kappa shape index (κ3) is 3.62. The molecule has 0 unspecified atom stereocenters. The lowest BCUT2D eigenvalue weighted by atomic mass is 10.0. The van der Waals surface area contributed by atoms with Crippen LogP contribution in [0.15, 0.2) is 18.2 Å². The third-order valence-electron chi connectivity index (χ3n) is 3.12. The van der Waals surface area contributed by atoms with E-state index in [1.807, 2.05) is 25.1 Å². The van der Waals surface area contributed by atoms with Crippen LogP contribution in [0, 0.1) is 11.3 Å². The van der Waals surface area contributed by atoms with Crippen molar-refractivity contribution in [2.24, 2.45) is 5.73 Å². The fraction of sp³-hybridized carbons (Fsp3) is 0.533. The summed E-state index contributed by atoms with van der Waals surface area (Å²) >= 11 is 0. The van der Waals surface area contributed by atoms with E-state index in [1.165, 1.54) is 0 Å². The zero-order valence-electron chi connectivity index (χ0n) is 12.2. The van der Waals surface area contributed by atoms with Crippen LogP contribution in [0.1, 0.15) is 38.8 Å². The van der Waals surface area contributed by atoms with Crippen molar-refractivity contribution in [2.45, 2.75) is 39.3 Å². The van der Waals surface area contributed by atoms with E-state index < -0.39 is 0 Å². The van der Waals surface area contributed by atoms with Crippen molar-refractivity contribution in [1.82, 2.24) is 0 Å². The van der Waals surface area contributed by atoms with Crippen LogP contribution in [-0.4, -0.2) is 19.7 Å². The summed E-state index contributed by atoms with van der Waals surface area (Å²) in [6.45, 7) is 6.87. The Hall–Kier alpha value is -1.73. The lowest BCUT2D eigenvalue weighted by Crippen LogP contribution is -2.33. The summed E-state index contributed by atoms with van der Waals surface area (Å²) < 4.78 is 5.41. The van der Waals surface area contributed by atoms with Crippen molar-refractivity contribution < 1.29 is 4.74 Å². The normalized spacial score (nSPS) is 12.1. The molecule has 104 valence electrons. The van der Waals surface area contributed by atoms with Crippen LogP contribution in [0.5, 0.6) is 5.75 Å². The molecule has 1 aromatic rings. The van der Waals surface area contributed by atoms with E-state index in [9.17, 15) is 0 Å². The van der Waals surface area contributed by atoms with E-state index in [-0.39, 0.29) is 6.04 Å². The molecule has 4 heteroatoms. The maximum atomic E-state index is 8.80. The fourth-order valence-electron chi connectivity index (χ4n) is 2.25. The first-order valence-electron chi connectivity index (χ1n) is 6.59. The Morgan fingerprint density at radius 3 is 2.53 bits per heavy atom. The number of benzene rings is 1. The zero-order valence-corrected chi connectivity index (χ0v) is 12.2. The summed E-state index contributed by atoms with van der Waals surface area (Å²) in [6, 6.07) is 8.31. The standard InChI is InChI=1S/C15H23N3O/c1-11(2)18(10-6-9-16)13-7-5-8-14(19-4)15(13)12(3)17/h5,7-8,11-12H,6,10,17H2,1-4H3/t12-/m1/s1. The fourth-order valence-corrected chi connectivity index (χ4v) is 2.25. The number of methoxy groups -OCH3 is 1. The summed E-state index contributed by atoms with van der Waals surface area (Å²) in [4.78, 5) is 2.20. The van der Waals surface area contributed by atoms with Crippen molar-refractivity contribution in [3.63, 3.8) is 0 Å². The Bertz CT molecular complexity index is 449. The molecule has 0 aliphatic carbocycles. The van der Waals surface area contributed by atoms with Gasteiger partial charge in [-0.05, 0) is 32.9 Å². The molecule has 0 saturated carbocycles. The maximum absolute atomic E-state index is 8.80.